The average molecular weight is 185 g/mol. The summed E-state index contributed by atoms with van der Waals surface area (Å²) in [6, 6.07) is 0.818. The zero-order valence-corrected chi connectivity index (χ0v) is 8.74. The summed E-state index contributed by atoms with van der Waals surface area (Å²) < 4.78 is 0.288. The molecule has 2 heteroatoms. The fourth-order valence-corrected chi connectivity index (χ4v) is 3.09. The zero-order valence-electron chi connectivity index (χ0n) is 7.84. The van der Waals surface area contributed by atoms with Gasteiger partial charge in [0.2, 0.25) is 0 Å². The SMILES string of the molecule is CC1(S)CCNC2CCCC2C1. The minimum atomic E-state index is 0.288. The van der Waals surface area contributed by atoms with Gasteiger partial charge in [-0.1, -0.05) is 13.3 Å². The summed E-state index contributed by atoms with van der Waals surface area (Å²) in [5.74, 6) is 0.912. The van der Waals surface area contributed by atoms with Gasteiger partial charge in [0, 0.05) is 10.8 Å². The second-order valence-electron chi connectivity index (χ2n) is 4.70. The summed E-state index contributed by atoms with van der Waals surface area (Å²) in [5, 5.41) is 3.65. The van der Waals surface area contributed by atoms with Crippen molar-refractivity contribution < 1.29 is 0 Å². The molecule has 12 heavy (non-hydrogen) atoms. The molecule has 2 aliphatic rings. The summed E-state index contributed by atoms with van der Waals surface area (Å²) in [6.45, 7) is 3.46. The topological polar surface area (TPSA) is 12.0 Å². The van der Waals surface area contributed by atoms with Crippen molar-refractivity contribution in [3.05, 3.63) is 0 Å². The molecule has 1 aliphatic carbocycles. The third-order valence-corrected chi connectivity index (χ3v) is 3.84. The van der Waals surface area contributed by atoms with E-state index in [1.165, 1.54) is 38.6 Å². The lowest BCUT2D eigenvalue weighted by atomic mass is 9.91. The molecule has 70 valence electrons. The second-order valence-corrected chi connectivity index (χ2v) is 5.78. The molecule has 0 aromatic rings. The third kappa shape index (κ3) is 1.80. The fourth-order valence-electron chi connectivity index (χ4n) is 2.74. The number of hydrogen-bond donors (Lipinski definition) is 2. The van der Waals surface area contributed by atoms with E-state index in [1.807, 2.05) is 0 Å². The maximum Gasteiger partial charge on any atom is 0.0117 e. The molecule has 0 amide bonds. The first-order chi connectivity index (χ1) is 5.67. The Balaban J connectivity index is 2.04. The van der Waals surface area contributed by atoms with Crippen LogP contribution in [0.25, 0.3) is 0 Å². The van der Waals surface area contributed by atoms with E-state index in [0.717, 1.165) is 12.0 Å². The van der Waals surface area contributed by atoms with Crippen molar-refractivity contribution in [2.45, 2.75) is 49.8 Å². The Morgan fingerprint density at radius 2 is 2.25 bits per heavy atom. The molecular weight excluding hydrogens is 166 g/mol. The molecule has 0 bridgehead atoms. The number of nitrogens with one attached hydrogen (secondary N) is 1. The third-order valence-electron chi connectivity index (χ3n) is 3.43. The van der Waals surface area contributed by atoms with Crippen LogP contribution in [0, 0.1) is 5.92 Å². The van der Waals surface area contributed by atoms with Crippen molar-refractivity contribution in [3.63, 3.8) is 0 Å². The first-order valence-corrected chi connectivity index (χ1v) is 5.58. The molecule has 2 fully saturated rings. The van der Waals surface area contributed by atoms with Crippen molar-refractivity contribution >= 4 is 12.6 Å². The quantitative estimate of drug-likeness (QED) is 0.552. The van der Waals surface area contributed by atoms with Gasteiger partial charge in [-0.05, 0) is 38.1 Å². The largest absolute Gasteiger partial charge is 0.314 e. The van der Waals surface area contributed by atoms with E-state index in [0.29, 0.717) is 0 Å². The van der Waals surface area contributed by atoms with Gasteiger partial charge in [-0.3, -0.25) is 0 Å². The molecule has 1 N–H and O–H groups in total. The van der Waals surface area contributed by atoms with E-state index in [2.05, 4.69) is 12.2 Å². The molecule has 2 rings (SSSR count). The summed E-state index contributed by atoms with van der Waals surface area (Å²) in [7, 11) is 0. The molecule has 3 unspecified atom stereocenters. The first-order valence-electron chi connectivity index (χ1n) is 5.13. The average Bonchev–Trinajstić information content (AvgIpc) is 2.31. The van der Waals surface area contributed by atoms with E-state index >= 15 is 0 Å². The Hall–Kier alpha value is 0.310. The van der Waals surface area contributed by atoms with Gasteiger partial charge in [-0.15, -0.1) is 0 Å². The van der Waals surface area contributed by atoms with E-state index in [9.17, 15) is 0 Å². The van der Waals surface area contributed by atoms with Crippen molar-refractivity contribution in [1.29, 1.82) is 0 Å². The predicted octanol–water partition coefficient (Wildman–Crippen LogP) is 2.23. The van der Waals surface area contributed by atoms with Crippen molar-refractivity contribution in [3.8, 4) is 0 Å². The van der Waals surface area contributed by atoms with Crippen LogP contribution in [0.3, 0.4) is 0 Å². The molecule has 1 saturated carbocycles. The molecule has 3 atom stereocenters. The van der Waals surface area contributed by atoms with Gasteiger partial charge in [0.1, 0.15) is 0 Å². The molecule has 1 heterocycles. The van der Waals surface area contributed by atoms with Crippen molar-refractivity contribution in [1.82, 2.24) is 5.32 Å². The van der Waals surface area contributed by atoms with E-state index < -0.39 is 0 Å². The van der Waals surface area contributed by atoms with Crippen LogP contribution in [-0.4, -0.2) is 17.3 Å². The van der Waals surface area contributed by atoms with Crippen molar-refractivity contribution in [2.24, 2.45) is 5.92 Å². The van der Waals surface area contributed by atoms with Crippen LogP contribution in [0.15, 0.2) is 0 Å². The summed E-state index contributed by atoms with van der Waals surface area (Å²) in [4.78, 5) is 0. The van der Waals surface area contributed by atoms with Gasteiger partial charge in [-0.25, -0.2) is 0 Å². The zero-order chi connectivity index (χ0) is 8.60. The van der Waals surface area contributed by atoms with Gasteiger partial charge in [0.15, 0.2) is 0 Å². The maximum absolute atomic E-state index is 4.73. The van der Waals surface area contributed by atoms with Gasteiger partial charge in [-0.2, -0.15) is 12.6 Å². The van der Waals surface area contributed by atoms with Gasteiger partial charge in [0.05, 0.1) is 0 Å². The number of rotatable bonds is 0. The highest BCUT2D eigenvalue weighted by Crippen LogP contribution is 2.38. The first kappa shape index (κ1) is 8.89. The van der Waals surface area contributed by atoms with E-state index in [1.54, 1.807) is 0 Å². The highest BCUT2D eigenvalue weighted by Gasteiger charge is 2.35. The lowest BCUT2D eigenvalue weighted by molar-refractivity contribution is 0.395. The predicted molar refractivity (Wildman–Crippen MR) is 55.8 cm³/mol. The Morgan fingerprint density at radius 1 is 1.42 bits per heavy atom. The normalized spacial score (nSPS) is 48.5. The minimum absolute atomic E-state index is 0.288. The summed E-state index contributed by atoms with van der Waals surface area (Å²) in [5.41, 5.74) is 0. The number of fused-ring (bicyclic) bond motifs is 1. The molecule has 1 nitrogen and oxygen atoms in total. The molecular formula is C10H19NS. The lowest BCUT2D eigenvalue weighted by Gasteiger charge is -2.24. The van der Waals surface area contributed by atoms with Gasteiger partial charge >= 0.3 is 0 Å². The van der Waals surface area contributed by atoms with Gasteiger partial charge < -0.3 is 5.32 Å². The molecule has 0 aromatic heterocycles. The highest BCUT2D eigenvalue weighted by molar-refractivity contribution is 7.81. The van der Waals surface area contributed by atoms with Crippen LogP contribution >= 0.6 is 12.6 Å². The molecule has 0 spiro atoms. The van der Waals surface area contributed by atoms with Crippen LogP contribution in [0.5, 0.6) is 0 Å². The monoisotopic (exact) mass is 185 g/mol. The fraction of sp³-hybridized carbons (Fsp3) is 1.00. The Morgan fingerprint density at radius 3 is 3.08 bits per heavy atom. The van der Waals surface area contributed by atoms with Crippen LogP contribution in [0.1, 0.15) is 39.0 Å². The van der Waals surface area contributed by atoms with Crippen LogP contribution < -0.4 is 5.32 Å². The Labute approximate surface area is 80.7 Å². The van der Waals surface area contributed by atoms with Gasteiger partial charge in [0.25, 0.3) is 0 Å². The van der Waals surface area contributed by atoms with Crippen LogP contribution in [0.2, 0.25) is 0 Å². The molecule has 0 aromatic carbocycles. The highest BCUT2D eigenvalue weighted by atomic mass is 32.1. The standard InChI is InChI=1S/C10H19NS/c1-10(12)5-6-11-9-4-2-3-8(9)7-10/h8-9,11-12H,2-7H2,1H3. The van der Waals surface area contributed by atoms with Crippen LogP contribution in [-0.2, 0) is 0 Å². The van der Waals surface area contributed by atoms with Crippen molar-refractivity contribution in [2.75, 3.05) is 6.54 Å². The molecule has 1 aliphatic heterocycles. The van der Waals surface area contributed by atoms with E-state index in [4.69, 9.17) is 12.6 Å². The minimum Gasteiger partial charge on any atom is -0.314 e. The second kappa shape index (κ2) is 3.22. The Bertz CT molecular complexity index is 167. The number of thiol groups is 1. The summed E-state index contributed by atoms with van der Waals surface area (Å²) >= 11 is 4.73. The Kier molecular flexibility index (Phi) is 2.39. The molecule has 1 saturated heterocycles. The summed E-state index contributed by atoms with van der Waals surface area (Å²) in [6.07, 6.45) is 6.78. The number of hydrogen-bond acceptors (Lipinski definition) is 2. The maximum atomic E-state index is 4.73. The smallest absolute Gasteiger partial charge is 0.0117 e. The van der Waals surface area contributed by atoms with E-state index in [-0.39, 0.29) is 4.75 Å². The molecule has 0 radical (unpaired) electrons. The lowest BCUT2D eigenvalue weighted by Crippen LogP contribution is -2.30. The van der Waals surface area contributed by atoms with Crippen LogP contribution in [0.4, 0.5) is 0 Å².